The fourth-order valence-corrected chi connectivity index (χ4v) is 1.97. The van der Waals surface area contributed by atoms with Gasteiger partial charge < -0.3 is 5.73 Å². The van der Waals surface area contributed by atoms with E-state index in [4.69, 9.17) is 5.73 Å². The molecule has 0 amide bonds. The maximum Gasteiger partial charge on any atom is 0.0726 e. The molecule has 0 radical (unpaired) electrons. The standard InChI is InChI=1S/C11H11IN2/c1-6-7(2)14-10-4-3-8(12)5-9(10)11(6)13/h3-5H,1-2H3,(H2,13,14). The van der Waals surface area contributed by atoms with Crippen molar-refractivity contribution in [2.45, 2.75) is 13.8 Å². The molecule has 0 atom stereocenters. The third-order valence-corrected chi connectivity index (χ3v) is 3.15. The molecule has 1 heterocycles. The molecule has 72 valence electrons. The lowest BCUT2D eigenvalue weighted by atomic mass is 10.1. The summed E-state index contributed by atoms with van der Waals surface area (Å²) in [6.07, 6.45) is 0. The zero-order valence-electron chi connectivity index (χ0n) is 8.13. The fraction of sp³-hybridized carbons (Fsp3) is 0.182. The van der Waals surface area contributed by atoms with Crippen LogP contribution in [0.5, 0.6) is 0 Å². The number of rotatable bonds is 0. The topological polar surface area (TPSA) is 38.9 Å². The van der Waals surface area contributed by atoms with E-state index in [1.807, 2.05) is 26.0 Å². The second-order valence-corrected chi connectivity index (χ2v) is 4.64. The number of hydrogen-bond donors (Lipinski definition) is 1. The Morgan fingerprint density at radius 1 is 1.29 bits per heavy atom. The van der Waals surface area contributed by atoms with E-state index in [9.17, 15) is 0 Å². The molecule has 0 aliphatic carbocycles. The molecule has 0 saturated heterocycles. The minimum Gasteiger partial charge on any atom is -0.398 e. The van der Waals surface area contributed by atoms with Gasteiger partial charge in [-0.2, -0.15) is 0 Å². The number of aromatic nitrogens is 1. The Hall–Kier alpha value is -0.840. The van der Waals surface area contributed by atoms with Crippen molar-refractivity contribution in [1.29, 1.82) is 0 Å². The number of benzene rings is 1. The number of fused-ring (bicyclic) bond motifs is 1. The van der Waals surface area contributed by atoms with Gasteiger partial charge >= 0.3 is 0 Å². The van der Waals surface area contributed by atoms with Crippen LogP contribution in [0.4, 0.5) is 5.69 Å². The molecule has 2 rings (SSSR count). The summed E-state index contributed by atoms with van der Waals surface area (Å²) in [6.45, 7) is 4.00. The molecule has 3 heteroatoms. The Bertz CT molecular complexity index is 506. The second kappa shape index (κ2) is 3.38. The van der Waals surface area contributed by atoms with E-state index in [0.29, 0.717) is 0 Å². The Morgan fingerprint density at radius 2 is 2.00 bits per heavy atom. The van der Waals surface area contributed by atoms with Gasteiger partial charge in [0.25, 0.3) is 0 Å². The highest BCUT2D eigenvalue weighted by atomic mass is 127. The SMILES string of the molecule is Cc1nc2ccc(I)cc2c(N)c1C. The number of pyridine rings is 1. The van der Waals surface area contributed by atoms with Crippen molar-refractivity contribution in [2.24, 2.45) is 0 Å². The number of aryl methyl sites for hydroxylation is 1. The number of nitrogens with two attached hydrogens (primary N) is 1. The summed E-state index contributed by atoms with van der Waals surface area (Å²) in [4.78, 5) is 4.49. The van der Waals surface area contributed by atoms with Crippen molar-refractivity contribution >= 4 is 39.2 Å². The van der Waals surface area contributed by atoms with Crippen LogP contribution in [0, 0.1) is 17.4 Å². The van der Waals surface area contributed by atoms with Gasteiger partial charge in [-0.3, -0.25) is 4.98 Å². The molecule has 2 N–H and O–H groups in total. The summed E-state index contributed by atoms with van der Waals surface area (Å²) in [6, 6.07) is 6.13. The molecule has 0 aliphatic heterocycles. The average molecular weight is 298 g/mol. The van der Waals surface area contributed by atoms with Gasteiger partial charge in [0.05, 0.1) is 5.52 Å². The molecule has 14 heavy (non-hydrogen) atoms. The monoisotopic (exact) mass is 298 g/mol. The fourth-order valence-electron chi connectivity index (χ4n) is 1.48. The normalized spacial score (nSPS) is 10.8. The van der Waals surface area contributed by atoms with E-state index < -0.39 is 0 Å². The van der Waals surface area contributed by atoms with Crippen LogP contribution in [-0.4, -0.2) is 4.98 Å². The third kappa shape index (κ3) is 1.45. The predicted octanol–water partition coefficient (Wildman–Crippen LogP) is 3.04. The minimum atomic E-state index is 0.853. The molecule has 0 spiro atoms. The highest BCUT2D eigenvalue weighted by Crippen LogP contribution is 2.26. The third-order valence-electron chi connectivity index (χ3n) is 2.48. The van der Waals surface area contributed by atoms with Crippen molar-refractivity contribution in [3.8, 4) is 0 Å². The summed E-state index contributed by atoms with van der Waals surface area (Å²) < 4.78 is 1.19. The maximum atomic E-state index is 6.04. The minimum absolute atomic E-state index is 0.853. The van der Waals surface area contributed by atoms with Crippen LogP contribution in [0.25, 0.3) is 10.9 Å². The van der Waals surface area contributed by atoms with Crippen molar-refractivity contribution < 1.29 is 0 Å². The van der Waals surface area contributed by atoms with Crippen molar-refractivity contribution in [2.75, 3.05) is 5.73 Å². The van der Waals surface area contributed by atoms with E-state index in [1.165, 1.54) is 3.57 Å². The maximum absolute atomic E-state index is 6.04. The highest BCUT2D eigenvalue weighted by Gasteiger charge is 2.05. The van der Waals surface area contributed by atoms with Gasteiger partial charge in [0.15, 0.2) is 0 Å². The van der Waals surface area contributed by atoms with E-state index in [1.54, 1.807) is 0 Å². The van der Waals surface area contributed by atoms with Gasteiger partial charge in [-0.1, -0.05) is 0 Å². The molecule has 2 aromatic rings. The Labute approximate surface area is 96.7 Å². The predicted molar refractivity (Wildman–Crippen MR) is 68.3 cm³/mol. The zero-order chi connectivity index (χ0) is 10.3. The van der Waals surface area contributed by atoms with Crippen molar-refractivity contribution in [3.05, 3.63) is 33.0 Å². The first-order valence-electron chi connectivity index (χ1n) is 4.41. The van der Waals surface area contributed by atoms with Crippen molar-refractivity contribution in [3.63, 3.8) is 0 Å². The van der Waals surface area contributed by atoms with Crippen LogP contribution in [0.2, 0.25) is 0 Å². The summed E-state index contributed by atoms with van der Waals surface area (Å²) in [7, 11) is 0. The van der Waals surface area contributed by atoms with E-state index in [-0.39, 0.29) is 0 Å². The average Bonchev–Trinajstić information content (AvgIpc) is 2.16. The molecule has 2 nitrogen and oxygen atoms in total. The first-order chi connectivity index (χ1) is 6.59. The lowest BCUT2D eigenvalue weighted by Crippen LogP contribution is -1.97. The van der Waals surface area contributed by atoms with Gasteiger partial charge in [-0.25, -0.2) is 0 Å². The largest absolute Gasteiger partial charge is 0.398 e. The van der Waals surface area contributed by atoms with Crippen LogP contribution >= 0.6 is 22.6 Å². The molecule has 0 bridgehead atoms. The van der Waals surface area contributed by atoms with Crippen LogP contribution in [-0.2, 0) is 0 Å². The second-order valence-electron chi connectivity index (χ2n) is 3.40. The summed E-state index contributed by atoms with van der Waals surface area (Å²) in [5.41, 5.74) is 9.97. The number of hydrogen-bond acceptors (Lipinski definition) is 2. The first kappa shape index (κ1) is 9.71. The molecular weight excluding hydrogens is 287 g/mol. The van der Waals surface area contributed by atoms with E-state index >= 15 is 0 Å². The molecular formula is C11H11IN2. The molecule has 0 saturated carbocycles. The van der Waals surface area contributed by atoms with Gasteiger partial charge in [0, 0.05) is 20.3 Å². The summed E-state index contributed by atoms with van der Waals surface area (Å²) in [5.74, 6) is 0. The lowest BCUT2D eigenvalue weighted by Gasteiger charge is -2.08. The van der Waals surface area contributed by atoms with Crippen LogP contribution in [0.1, 0.15) is 11.3 Å². The smallest absolute Gasteiger partial charge is 0.0726 e. The molecule has 1 aromatic carbocycles. The molecule has 1 aromatic heterocycles. The number of halogens is 1. The highest BCUT2D eigenvalue weighted by molar-refractivity contribution is 14.1. The lowest BCUT2D eigenvalue weighted by molar-refractivity contribution is 1.20. The van der Waals surface area contributed by atoms with Gasteiger partial charge in [0.2, 0.25) is 0 Å². The summed E-state index contributed by atoms with van der Waals surface area (Å²) in [5, 5.41) is 1.06. The quantitative estimate of drug-likeness (QED) is 0.759. The van der Waals surface area contributed by atoms with Crippen LogP contribution in [0.3, 0.4) is 0 Å². The Morgan fingerprint density at radius 3 is 2.71 bits per heavy atom. The Balaban J connectivity index is 2.92. The van der Waals surface area contributed by atoms with Gasteiger partial charge in [-0.15, -0.1) is 0 Å². The van der Waals surface area contributed by atoms with Crippen LogP contribution < -0.4 is 5.73 Å². The van der Waals surface area contributed by atoms with Gasteiger partial charge in [0.1, 0.15) is 0 Å². The molecule has 0 fully saturated rings. The number of anilines is 1. The first-order valence-corrected chi connectivity index (χ1v) is 5.49. The van der Waals surface area contributed by atoms with E-state index in [0.717, 1.165) is 27.8 Å². The van der Waals surface area contributed by atoms with Crippen LogP contribution in [0.15, 0.2) is 18.2 Å². The van der Waals surface area contributed by atoms with Crippen molar-refractivity contribution in [1.82, 2.24) is 4.98 Å². The molecule has 0 aliphatic rings. The molecule has 0 unspecified atom stereocenters. The Kier molecular flexibility index (Phi) is 2.34. The zero-order valence-corrected chi connectivity index (χ0v) is 10.3. The van der Waals surface area contributed by atoms with E-state index in [2.05, 4.69) is 33.6 Å². The number of nitrogen functional groups attached to an aromatic ring is 1. The van der Waals surface area contributed by atoms with Gasteiger partial charge in [-0.05, 0) is 60.2 Å². The summed E-state index contributed by atoms with van der Waals surface area (Å²) >= 11 is 2.28. The number of nitrogens with zero attached hydrogens (tertiary/aromatic N) is 1.